The molecule has 0 heterocycles. The maximum Gasteiger partial charge on any atom is 0.507 e. The molecule has 0 saturated carbocycles. The smallest absolute Gasteiger partial charge is 0.450 e. The van der Waals surface area contributed by atoms with Crippen LogP contribution in [0.15, 0.2) is 24.3 Å². The average molecular weight is 323 g/mol. The number of non-ortho nitro benzene ring substituents is 1. The molecule has 80 valence electrons. The van der Waals surface area contributed by atoms with E-state index in [1.54, 1.807) is 22.6 Å². The summed E-state index contributed by atoms with van der Waals surface area (Å²) in [5, 5.41) is 18.7. The summed E-state index contributed by atoms with van der Waals surface area (Å²) in [7, 11) is 0. The Kier molecular flexibility index (Phi) is 3.83. The highest BCUT2D eigenvalue weighted by Gasteiger charge is 2.13. The molecule has 1 aromatic rings. The summed E-state index contributed by atoms with van der Waals surface area (Å²) in [5.74, 6) is 0. The van der Waals surface area contributed by atoms with Crippen LogP contribution < -0.4 is 0 Å². The molecule has 1 rings (SSSR count). The number of rotatable bonds is 3. The standard InChI is InChI=1S/C8H6INO5/c9-7(15-8(11)12)5-1-3-6(4-2-5)10(13)14/h1-4,7H,(H,11,12). The second kappa shape index (κ2) is 4.91. The predicted molar refractivity (Wildman–Crippen MR) is 59.0 cm³/mol. The maximum atomic E-state index is 10.3. The second-order valence-corrected chi connectivity index (χ2v) is 3.68. The van der Waals surface area contributed by atoms with Crippen LogP contribution in [0.25, 0.3) is 0 Å². The highest BCUT2D eigenvalue weighted by molar-refractivity contribution is 14.1. The summed E-state index contributed by atoms with van der Waals surface area (Å²) in [4.78, 5) is 20.0. The molecule has 0 aliphatic heterocycles. The number of hydrogen-bond acceptors (Lipinski definition) is 4. The van der Waals surface area contributed by atoms with Crippen molar-refractivity contribution in [3.05, 3.63) is 39.9 Å². The summed E-state index contributed by atoms with van der Waals surface area (Å²) in [6.07, 6.45) is -1.38. The van der Waals surface area contributed by atoms with Gasteiger partial charge in [0.05, 0.1) is 4.92 Å². The van der Waals surface area contributed by atoms with Gasteiger partial charge < -0.3 is 9.84 Å². The molecule has 1 N–H and O–H groups in total. The molecule has 6 nitrogen and oxygen atoms in total. The minimum atomic E-state index is -1.38. The highest BCUT2D eigenvalue weighted by atomic mass is 127. The van der Waals surface area contributed by atoms with E-state index in [4.69, 9.17) is 5.11 Å². The normalized spacial score (nSPS) is 11.8. The molecule has 0 bridgehead atoms. The Balaban J connectivity index is 2.79. The summed E-state index contributed by atoms with van der Waals surface area (Å²) < 4.78 is 3.80. The van der Waals surface area contributed by atoms with Crippen LogP contribution in [0.5, 0.6) is 0 Å². The largest absolute Gasteiger partial charge is 0.507 e. The fourth-order valence-corrected chi connectivity index (χ4v) is 1.54. The van der Waals surface area contributed by atoms with Gasteiger partial charge in [-0.25, -0.2) is 4.79 Å². The molecule has 0 spiro atoms. The third-order valence-corrected chi connectivity index (χ3v) is 2.54. The van der Waals surface area contributed by atoms with E-state index in [9.17, 15) is 14.9 Å². The van der Waals surface area contributed by atoms with Crippen molar-refractivity contribution in [1.82, 2.24) is 0 Å². The van der Waals surface area contributed by atoms with E-state index in [1.165, 1.54) is 24.3 Å². The summed E-state index contributed by atoms with van der Waals surface area (Å²) in [5.41, 5.74) is 0.515. The molecule has 1 unspecified atom stereocenters. The topological polar surface area (TPSA) is 89.7 Å². The number of alkyl halides is 1. The van der Waals surface area contributed by atoms with Crippen LogP contribution >= 0.6 is 22.6 Å². The lowest BCUT2D eigenvalue weighted by molar-refractivity contribution is -0.384. The van der Waals surface area contributed by atoms with Crippen LogP contribution in [-0.2, 0) is 4.74 Å². The third kappa shape index (κ3) is 3.35. The lowest BCUT2D eigenvalue weighted by Gasteiger charge is -2.08. The molecule has 0 aromatic heterocycles. The molecule has 0 aliphatic rings. The Hall–Kier alpha value is -1.38. The molecule has 0 saturated heterocycles. The Morgan fingerprint density at radius 2 is 2.00 bits per heavy atom. The van der Waals surface area contributed by atoms with Gasteiger partial charge in [-0.2, -0.15) is 0 Å². The number of benzene rings is 1. The Morgan fingerprint density at radius 3 is 2.40 bits per heavy atom. The van der Waals surface area contributed by atoms with Crippen LogP contribution in [0, 0.1) is 10.1 Å². The van der Waals surface area contributed by atoms with Gasteiger partial charge in [-0.05, 0) is 34.7 Å². The highest BCUT2D eigenvalue weighted by Crippen LogP contribution is 2.26. The van der Waals surface area contributed by atoms with Gasteiger partial charge in [0.1, 0.15) is 0 Å². The van der Waals surface area contributed by atoms with Gasteiger partial charge in [0.2, 0.25) is 0 Å². The van der Waals surface area contributed by atoms with Crippen LogP contribution in [0.2, 0.25) is 0 Å². The van der Waals surface area contributed by atoms with E-state index in [0.717, 1.165) is 0 Å². The van der Waals surface area contributed by atoms with Gasteiger partial charge in [0, 0.05) is 17.7 Å². The van der Waals surface area contributed by atoms with Crippen LogP contribution in [0.4, 0.5) is 10.5 Å². The lowest BCUT2D eigenvalue weighted by Crippen LogP contribution is -2.03. The fraction of sp³-hybridized carbons (Fsp3) is 0.125. The van der Waals surface area contributed by atoms with E-state index in [-0.39, 0.29) is 5.69 Å². The van der Waals surface area contributed by atoms with Gasteiger partial charge >= 0.3 is 6.16 Å². The molecule has 0 radical (unpaired) electrons. The number of nitrogens with zero attached hydrogens (tertiary/aromatic N) is 1. The van der Waals surface area contributed by atoms with Gasteiger partial charge in [-0.1, -0.05) is 0 Å². The second-order valence-electron chi connectivity index (χ2n) is 2.55. The molecular formula is C8H6INO5. The Morgan fingerprint density at radius 1 is 1.47 bits per heavy atom. The quantitative estimate of drug-likeness (QED) is 0.304. The fourth-order valence-electron chi connectivity index (χ4n) is 0.904. The maximum absolute atomic E-state index is 10.3. The summed E-state index contributed by atoms with van der Waals surface area (Å²) in [6.45, 7) is 0. The van der Waals surface area contributed by atoms with Crippen molar-refractivity contribution in [3.63, 3.8) is 0 Å². The number of halogens is 1. The number of ether oxygens (including phenoxy) is 1. The average Bonchev–Trinajstić information content (AvgIpc) is 2.17. The molecular weight excluding hydrogens is 317 g/mol. The number of carbonyl (C=O) groups is 1. The molecule has 0 fully saturated rings. The zero-order valence-electron chi connectivity index (χ0n) is 7.29. The number of nitro groups is 1. The first-order valence-electron chi connectivity index (χ1n) is 3.78. The zero-order chi connectivity index (χ0) is 11.4. The van der Waals surface area contributed by atoms with Crippen LogP contribution in [0.1, 0.15) is 9.67 Å². The van der Waals surface area contributed by atoms with Crippen molar-refractivity contribution in [2.24, 2.45) is 0 Å². The number of nitro benzene ring substituents is 1. The van der Waals surface area contributed by atoms with Crippen molar-refractivity contribution in [3.8, 4) is 0 Å². The van der Waals surface area contributed by atoms with Crippen LogP contribution in [0.3, 0.4) is 0 Å². The minimum Gasteiger partial charge on any atom is -0.450 e. The number of carboxylic acid groups (broad SMARTS) is 1. The summed E-state index contributed by atoms with van der Waals surface area (Å²) >= 11 is 1.78. The first kappa shape index (κ1) is 11.7. The lowest BCUT2D eigenvalue weighted by atomic mass is 10.2. The van der Waals surface area contributed by atoms with Crippen molar-refractivity contribution < 1.29 is 19.6 Å². The predicted octanol–water partition coefficient (Wildman–Crippen LogP) is 2.72. The van der Waals surface area contributed by atoms with Crippen LogP contribution in [-0.4, -0.2) is 16.2 Å². The van der Waals surface area contributed by atoms with E-state index >= 15 is 0 Å². The Bertz CT molecular complexity index is 377. The summed E-state index contributed by atoms with van der Waals surface area (Å²) in [6, 6.07) is 5.51. The molecule has 15 heavy (non-hydrogen) atoms. The third-order valence-electron chi connectivity index (χ3n) is 1.57. The van der Waals surface area contributed by atoms with Gasteiger partial charge in [0.25, 0.3) is 5.69 Å². The first-order chi connectivity index (χ1) is 7.00. The van der Waals surface area contributed by atoms with E-state index in [1.807, 2.05) is 0 Å². The van der Waals surface area contributed by atoms with Gasteiger partial charge in [-0.3, -0.25) is 10.1 Å². The van der Waals surface area contributed by atoms with Gasteiger partial charge in [0.15, 0.2) is 4.11 Å². The Labute approximate surface area is 98.1 Å². The molecule has 1 atom stereocenters. The van der Waals surface area contributed by atoms with Crippen molar-refractivity contribution in [1.29, 1.82) is 0 Å². The number of hydrogen-bond donors (Lipinski definition) is 1. The zero-order valence-corrected chi connectivity index (χ0v) is 9.45. The molecule has 7 heteroatoms. The van der Waals surface area contributed by atoms with E-state index < -0.39 is 15.2 Å². The van der Waals surface area contributed by atoms with E-state index in [0.29, 0.717) is 5.56 Å². The van der Waals surface area contributed by atoms with E-state index in [2.05, 4.69) is 4.74 Å². The van der Waals surface area contributed by atoms with Crippen molar-refractivity contribution in [2.45, 2.75) is 4.11 Å². The monoisotopic (exact) mass is 323 g/mol. The van der Waals surface area contributed by atoms with Crippen molar-refractivity contribution in [2.75, 3.05) is 0 Å². The minimum absolute atomic E-state index is 0.0438. The SMILES string of the molecule is O=C(O)OC(I)c1ccc([N+](=O)[O-])cc1. The molecule has 0 amide bonds. The van der Waals surface area contributed by atoms with Gasteiger partial charge in [-0.15, -0.1) is 0 Å². The molecule has 1 aromatic carbocycles. The van der Waals surface area contributed by atoms with Crippen molar-refractivity contribution >= 4 is 34.4 Å². The first-order valence-corrected chi connectivity index (χ1v) is 5.03. The molecule has 0 aliphatic carbocycles.